The molecule has 0 aromatic carbocycles. The van der Waals surface area contributed by atoms with Gasteiger partial charge in [0.25, 0.3) is 0 Å². The van der Waals surface area contributed by atoms with E-state index in [-0.39, 0.29) is 32.8 Å². The lowest BCUT2D eigenvalue weighted by Gasteiger charge is -2.11. The summed E-state index contributed by atoms with van der Waals surface area (Å²) in [4.78, 5) is 22.5. The Morgan fingerprint density at radius 3 is 0.631 bits per heavy atom. The average molecular weight is 1780 g/mol. The third-order valence-electron chi connectivity index (χ3n) is 20.1. The van der Waals surface area contributed by atoms with Crippen LogP contribution >= 0.6 is 125 Å². The van der Waals surface area contributed by atoms with Crippen LogP contribution in [0, 0.1) is 27.7 Å². The molecule has 0 atom stereocenters. The third-order valence-corrected chi connectivity index (χ3v) is 41.6. The van der Waals surface area contributed by atoms with E-state index in [4.69, 9.17) is 0 Å². The summed E-state index contributed by atoms with van der Waals surface area (Å²) in [6, 6.07) is 37.0. The first-order valence-corrected chi connectivity index (χ1v) is 56.2. The number of sulfone groups is 4. The summed E-state index contributed by atoms with van der Waals surface area (Å²) in [6.45, 7) is 17.2. The maximum Gasteiger partial charge on any atom is 0.181 e. The molecule has 23 heteroatoms. The Balaban J connectivity index is 0.000000237. The molecule has 0 aliphatic carbocycles. The van der Waals surface area contributed by atoms with E-state index in [2.05, 4.69) is 140 Å². The first kappa shape index (κ1) is 89.8. The van der Waals surface area contributed by atoms with E-state index < -0.39 is 39.3 Å². The van der Waals surface area contributed by atoms with Gasteiger partial charge in [-0.15, -0.1) is 125 Å². The molecule has 0 amide bonds. The van der Waals surface area contributed by atoms with E-state index in [0.717, 1.165) is 145 Å². The topological polar surface area (TPSA) is 137 Å². The standard InChI is InChI=1S/C46H58O4S8.C42H56O4S7/c1-5-7-9-11-13-15-17-19-29-57(47,48)43-31-41(55-45(43)39-27-25-37(53-39)35-23-21-33(3)51-35)42-32-44(58(49,50)30-20-18-16-14-12-10-8-6-2)46(56-42)40-28-26-38(54-40)36-24-22-34(4)52-36;1-5-7-9-11-13-15-17-19-29-52(43,44)41-39(37-27-25-35(49-37)33-23-21-31(3)47-33)51-40(38-28-26-36(50-38)34-24-22-32(4)48-34)42(41)53(45,46)30-20-18-16-14-12-10-8-6-2/h21-28,31-32H,5-20,29-30H2,1-4H3;21-28H,5-20,29-30H2,1-4H3. The Labute approximate surface area is 710 Å². The molecule has 11 aromatic rings. The van der Waals surface area contributed by atoms with Crippen molar-refractivity contribution in [1.29, 1.82) is 0 Å². The fourth-order valence-corrected chi connectivity index (χ4v) is 34.9. The van der Waals surface area contributed by atoms with Crippen LogP contribution in [0.15, 0.2) is 129 Å². The smallest absolute Gasteiger partial charge is 0.181 e. The van der Waals surface area contributed by atoms with Crippen molar-refractivity contribution >= 4 is 164 Å². The third kappa shape index (κ3) is 25.8. The highest BCUT2D eigenvalue weighted by Gasteiger charge is 2.38. The minimum Gasteiger partial charge on any atom is -0.224 e. The van der Waals surface area contributed by atoms with Crippen molar-refractivity contribution in [2.45, 2.75) is 280 Å². The zero-order valence-corrected chi connectivity index (χ0v) is 78.5. The van der Waals surface area contributed by atoms with Gasteiger partial charge < -0.3 is 0 Å². The minimum absolute atomic E-state index is 0.0395. The summed E-state index contributed by atoms with van der Waals surface area (Å²) < 4.78 is 116. The lowest BCUT2D eigenvalue weighted by atomic mass is 10.1. The van der Waals surface area contributed by atoms with Crippen molar-refractivity contribution in [3.05, 3.63) is 129 Å². The zero-order valence-electron chi connectivity index (χ0n) is 66.2. The van der Waals surface area contributed by atoms with Gasteiger partial charge in [0, 0.05) is 87.8 Å². The van der Waals surface area contributed by atoms with E-state index in [9.17, 15) is 33.7 Å². The van der Waals surface area contributed by atoms with Crippen LogP contribution in [-0.4, -0.2) is 56.7 Å². The number of hydrogen-bond acceptors (Lipinski definition) is 19. The molecule has 0 N–H and O–H groups in total. The van der Waals surface area contributed by atoms with Gasteiger partial charge in [-0.1, -0.05) is 207 Å². The quantitative estimate of drug-likeness (QED) is 0.0344. The Hall–Kier alpha value is -3.50. The summed E-state index contributed by atoms with van der Waals surface area (Å²) in [7, 11) is -15.1. The lowest BCUT2D eigenvalue weighted by molar-refractivity contribution is 0.566. The Morgan fingerprint density at radius 1 is 0.198 bits per heavy atom. The maximum absolute atomic E-state index is 14.7. The molecule has 0 saturated heterocycles. The van der Waals surface area contributed by atoms with Gasteiger partial charge in [-0.2, -0.15) is 0 Å². The molecule has 8 nitrogen and oxygen atoms in total. The van der Waals surface area contributed by atoms with Gasteiger partial charge in [-0.05, 0) is 163 Å². The van der Waals surface area contributed by atoms with Gasteiger partial charge in [0.05, 0.1) is 52.3 Å². The molecule has 0 aliphatic heterocycles. The zero-order chi connectivity index (χ0) is 79.0. The summed E-state index contributed by atoms with van der Waals surface area (Å²) in [6.07, 6.45) is 34.0. The van der Waals surface area contributed by atoms with Crippen LogP contribution < -0.4 is 0 Å². The van der Waals surface area contributed by atoms with E-state index in [1.807, 2.05) is 24.3 Å². The molecule has 0 saturated carbocycles. The first-order valence-electron chi connectivity index (χ1n) is 40.6. The lowest BCUT2D eigenvalue weighted by Crippen LogP contribution is -2.15. The van der Waals surface area contributed by atoms with E-state index in [1.165, 1.54) is 166 Å². The fraction of sp³-hybridized carbons (Fsp3) is 0.500. The van der Waals surface area contributed by atoms with Crippen molar-refractivity contribution in [3.63, 3.8) is 0 Å². The monoisotopic (exact) mass is 1780 g/mol. The van der Waals surface area contributed by atoms with Crippen molar-refractivity contribution in [2.75, 3.05) is 23.0 Å². The van der Waals surface area contributed by atoms with E-state index >= 15 is 0 Å². The van der Waals surface area contributed by atoms with Gasteiger partial charge in [-0.25, -0.2) is 33.7 Å². The molecule has 11 heterocycles. The van der Waals surface area contributed by atoms with E-state index in [1.54, 1.807) is 90.7 Å². The van der Waals surface area contributed by atoms with Gasteiger partial charge in [0.15, 0.2) is 39.3 Å². The van der Waals surface area contributed by atoms with Crippen molar-refractivity contribution in [1.82, 2.24) is 0 Å². The molecular weight excluding hydrogens is 1670 g/mol. The number of thiophene rings is 11. The molecule has 0 radical (unpaired) electrons. The maximum atomic E-state index is 14.7. The fourth-order valence-electron chi connectivity index (χ4n) is 13.9. The second-order valence-electron chi connectivity index (χ2n) is 29.5. The molecule has 0 spiro atoms. The first-order chi connectivity index (χ1) is 53.5. The summed E-state index contributed by atoms with van der Waals surface area (Å²) in [5.74, 6) is 0.138. The Kier molecular flexibility index (Phi) is 35.9. The van der Waals surface area contributed by atoms with Crippen molar-refractivity contribution in [2.24, 2.45) is 0 Å². The SMILES string of the molecule is CCCCCCCCCCS(=O)(=O)c1c(-c2ccc(-c3ccc(C)s3)s2)sc(-c2ccc(-c3ccc(C)s3)s2)c1S(=O)(=O)CCCCCCCCCC.CCCCCCCCCCS(=O)(=O)c1cc(-c2cc(S(=O)(=O)CCCCCCCCCC)c(-c3ccc(-c4ccc(C)s4)s3)s2)sc1-c1ccc(-c2ccc(C)s2)s1. The van der Waals surface area contributed by atoms with Crippen molar-refractivity contribution < 1.29 is 33.7 Å². The highest BCUT2D eigenvalue weighted by atomic mass is 32.2. The summed E-state index contributed by atoms with van der Waals surface area (Å²) >= 11 is 17.6. The largest absolute Gasteiger partial charge is 0.224 e. The summed E-state index contributed by atoms with van der Waals surface area (Å²) in [5, 5.41) is 0. The molecule has 0 fully saturated rings. The van der Waals surface area contributed by atoms with Crippen LogP contribution in [0.5, 0.6) is 0 Å². The molecule has 11 rings (SSSR count). The van der Waals surface area contributed by atoms with E-state index in [0.29, 0.717) is 45.2 Å². The molecule has 0 bridgehead atoms. The van der Waals surface area contributed by atoms with Crippen LogP contribution in [-0.2, 0) is 39.3 Å². The molecule has 111 heavy (non-hydrogen) atoms. The predicted octanol–water partition coefficient (Wildman–Crippen LogP) is 31.9. The van der Waals surface area contributed by atoms with Crippen LogP contribution in [0.2, 0.25) is 0 Å². The molecule has 604 valence electrons. The average Bonchev–Trinajstić information content (AvgIpc) is 1.58. The van der Waals surface area contributed by atoms with Gasteiger partial charge in [0.1, 0.15) is 9.79 Å². The Bertz CT molecular complexity index is 4820. The molecular formula is C88H114O8S15. The van der Waals surface area contributed by atoms with Crippen LogP contribution in [0.1, 0.15) is 253 Å². The second-order valence-corrected chi connectivity index (χ2v) is 50.4. The number of aryl methyl sites for hydroxylation is 4. The van der Waals surface area contributed by atoms with Crippen LogP contribution in [0.25, 0.3) is 87.8 Å². The van der Waals surface area contributed by atoms with Gasteiger partial charge >= 0.3 is 0 Å². The summed E-state index contributed by atoms with van der Waals surface area (Å²) in [5.41, 5.74) is 0. The van der Waals surface area contributed by atoms with Gasteiger partial charge in [-0.3, -0.25) is 0 Å². The normalized spacial score (nSPS) is 12.3. The highest BCUT2D eigenvalue weighted by Crippen LogP contribution is 2.55. The second kappa shape index (κ2) is 44.3. The Morgan fingerprint density at radius 2 is 0.396 bits per heavy atom. The number of unbranched alkanes of at least 4 members (excludes halogenated alkanes) is 28. The molecule has 0 unspecified atom stereocenters. The minimum atomic E-state index is -3.94. The van der Waals surface area contributed by atoms with Crippen molar-refractivity contribution in [3.8, 4) is 87.8 Å². The van der Waals surface area contributed by atoms with Crippen LogP contribution in [0.4, 0.5) is 0 Å². The number of rotatable bonds is 49. The van der Waals surface area contributed by atoms with Gasteiger partial charge in [0.2, 0.25) is 0 Å². The molecule has 11 aromatic heterocycles. The highest BCUT2D eigenvalue weighted by molar-refractivity contribution is 7.95. The predicted molar refractivity (Wildman–Crippen MR) is 496 cm³/mol. The van der Waals surface area contributed by atoms with Crippen LogP contribution in [0.3, 0.4) is 0 Å². The number of hydrogen-bond donors (Lipinski definition) is 0. The molecule has 0 aliphatic rings.